The lowest BCUT2D eigenvalue weighted by atomic mass is 10.2. The predicted octanol–water partition coefficient (Wildman–Crippen LogP) is 0.596. The highest BCUT2D eigenvalue weighted by Gasteiger charge is 2.13. The van der Waals surface area contributed by atoms with Gasteiger partial charge in [-0.2, -0.15) is 8.42 Å². The molecule has 2 heterocycles. The van der Waals surface area contributed by atoms with Gasteiger partial charge in [0.15, 0.2) is 0 Å². The molecule has 6 nitrogen and oxygen atoms in total. The van der Waals surface area contributed by atoms with Gasteiger partial charge in [0.1, 0.15) is 5.88 Å². The zero-order chi connectivity index (χ0) is 11.6. The second-order valence-corrected chi connectivity index (χ2v) is 5.45. The van der Waals surface area contributed by atoms with E-state index in [1.807, 2.05) is 6.08 Å². The van der Waals surface area contributed by atoms with E-state index in [-0.39, 0.29) is 0 Å². The highest BCUT2D eigenvalue weighted by molar-refractivity contribution is 7.85. The highest BCUT2D eigenvalue weighted by atomic mass is 32.2. The Kier molecular flexibility index (Phi) is 3.03. The van der Waals surface area contributed by atoms with E-state index in [4.69, 9.17) is 4.55 Å². The van der Waals surface area contributed by atoms with E-state index in [9.17, 15) is 8.42 Å². The average Bonchev–Trinajstić information content (AvgIpc) is 2.69. The van der Waals surface area contributed by atoms with Crippen molar-refractivity contribution < 1.29 is 13.0 Å². The Morgan fingerprint density at radius 2 is 2.38 bits per heavy atom. The van der Waals surface area contributed by atoms with Gasteiger partial charge < -0.3 is 4.90 Å². The van der Waals surface area contributed by atoms with Crippen molar-refractivity contribution in [3.63, 3.8) is 0 Å². The summed E-state index contributed by atoms with van der Waals surface area (Å²) in [5.41, 5.74) is 0.960. The summed E-state index contributed by atoms with van der Waals surface area (Å²) in [5, 5.41) is 3.72. The van der Waals surface area contributed by atoms with E-state index in [0.29, 0.717) is 6.54 Å². The number of aromatic nitrogens is 2. The summed E-state index contributed by atoms with van der Waals surface area (Å²) in [5.74, 6) is -0.395. The molecule has 0 saturated carbocycles. The van der Waals surface area contributed by atoms with Crippen molar-refractivity contribution in [2.45, 2.75) is 0 Å². The maximum absolute atomic E-state index is 10.7. The summed E-state index contributed by atoms with van der Waals surface area (Å²) in [6.45, 7) is 0.434. The largest absolute Gasteiger partial charge is 0.358 e. The van der Waals surface area contributed by atoms with Gasteiger partial charge in [0, 0.05) is 12.7 Å². The van der Waals surface area contributed by atoms with E-state index >= 15 is 0 Å². The van der Waals surface area contributed by atoms with Crippen LogP contribution in [-0.2, 0) is 10.1 Å². The first kappa shape index (κ1) is 11.2. The van der Waals surface area contributed by atoms with Crippen molar-refractivity contribution in [1.82, 2.24) is 14.5 Å². The van der Waals surface area contributed by atoms with Gasteiger partial charge in [-0.25, -0.2) is 0 Å². The van der Waals surface area contributed by atoms with Crippen LogP contribution in [0.15, 0.2) is 24.5 Å². The zero-order valence-electron chi connectivity index (χ0n) is 8.15. The molecule has 1 aliphatic rings. The highest BCUT2D eigenvalue weighted by Crippen LogP contribution is 2.21. The minimum absolute atomic E-state index is 0.395. The van der Waals surface area contributed by atoms with Gasteiger partial charge in [0.25, 0.3) is 10.1 Å². The molecule has 16 heavy (non-hydrogen) atoms. The van der Waals surface area contributed by atoms with Gasteiger partial charge in [-0.05, 0) is 23.2 Å². The summed E-state index contributed by atoms with van der Waals surface area (Å²) >= 11 is 1.28. The van der Waals surface area contributed by atoms with Crippen LogP contribution in [0.2, 0.25) is 0 Å². The Labute approximate surface area is 96.8 Å². The zero-order valence-corrected chi connectivity index (χ0v) is 9.78. The van der Waals surface area contributed by atoms with Crippen molar-refractivity contribution in [1.29, 1.82) is 0 Å². The van der Waals surface area contributed by atoms with Gasteiger partial charge in [-0.15, -0.1) is 5.10 Å². The fraction of sp³-hybridized carbons (Fsp3) is 0.250. The third-order valence-corrected chi connectivity index (χ3v) is 3.36. The van der Waals surface area contributed by atoms with Crippen LogP contribution in [0.3, 0.4) is 0 Å². The molecule has 0 radical (unpaired) electrons. The van der Waals surface area contributed by atoms with Gasteiger partial charge in [0.05, 0.1) is 11.1 Å². The fourth-order valence-corrected chi connectivity index (χ4v) is 2.46. The lowest BCUT2D eigenvalue weighted by Gasteiger charge is -2.20. The molecule has 8 heteroatoms. The van der Waals surface area contributed by atoms with Crippen LogP contribution in [0, 0.1) is 0 Å². The van der Waals surface area contributed by atoms with Crippen molar-refractivity contribution >= 4 is 27.2 Å². The lowest BCUT2D eigenvalue weighted by molar-refractivity contribution is 0.419. The summed E-state index contributed by atoms with van der Waals surface area (Å²) in [6.07, 6.45) is 6.91. The van der Waals surface area contributed by atoms with Crippen LogP contribution in [-0.4, -0.2) is 39.9 Å². The van der Waals surface area contributed by atoms with E-state index in [2.05, 4.69) is 9.59 Å². The minimum Gasteiger partial charge on any atom is -0.358 e. The van der Waals surface area contributed by atoms with Crippen molar-refractivity contribution in [2.24, 2.45) is 0 Å². The average molecular weight is 259 g/mol. The fourth-order valence-electron chi connectivity index (χ4n) is 1.31. The minimum atomic E-state index is -3.97. The molecule has 0 atom stereocenters. The summed E-state index contributed by atoms with van der Waals surface area (Å²) < 4.78 is 33.7. The number of hydrogen-bond acceptors (Lipinski definition) is 6. The second kappa shape index (κ2) is 4.32. The van der Waals surface area contributed by atoms with Gasteiger partial charge >= 0.3 is 0 Å². The summed E-state index contributed by atoms with van der Waals surface area (Å²) in [6, 6.07) is 0. The first-order valence-electron chi connectivity index (χ1n) is 4.40. The van der Waals surface area contributed by atoms with Crippen LogP contribution < -0.4 is 0 Å². The van der Waals surface area contributed by atoms with Crippen LogP contribution in [0.1, 0.15) is 4.88 Å². The Bertz CT molecular complexity index is 519. The van der Waals surface area contributed by atoms with Crippen molar-refractivity contribution in [3.05, 3.63) is 29.4 Å². The Morgan fingerprint density at radius 1 is 1.56 bits per heavy atom. The quantitative estimate of drug-likeness (QED) is 0.800. The van der Waals surface area contributed by atoms with Crippen LogP contribution in [0.5, 0.6) is 0 Å². The van der Waals surface area contributed by atoms with Crippen molar-refractivity contribution in [3.8, 4) is 0 Å². The standard InChI is InChI=1S/C8H9N3O3S2/c12-16(13,14)6-11-3-1-7(2-4-11)8-5-9-10-15-8/h1-3,5H,4,6H2,(H,12,13,14). The molecule has 0 amide bonds. The molecule has 0 aromatic carbocycles. The van der Waals surface area contributed by atoms with Crippen LogP contribution in [0.4, 0.5) is 0 Å². The SMILES string of the molecule is O=S(=O)(O)CN1C=CC(c2cnns2)=CC1. The normalized spacial score (nSPS) is 16.3. The molecule has 1 N–H and O–H groups in total. The lowest BCUT2D eigenvalue weighted by Crippen LogP contribution is -2.26. The second-order valence-electron chi connectivity index (χ2n) is 3.24. The third kappa shape index (κ3) is 2.87. The molecule has 2 rings (SSSR count). The van der Waals surface area contributed by atoms with E-state index in [1.165, 1.54) is 16.4 Å². The smallest absolute Gasteiger partial charge is 0.283 e. The molecule has 86 valence electrons. The first-order valence-corrected chi connectivity index (χ1v) is 6.78. The summed E-state index contributed by atoms with van der Waals surface area (Å²) in [7, 11) is -3.97. The van der Waals surface area contributed by atoms with Gasteiger partial charge in [-0.3, -0.25) is 4.55 Å². The number of allylic oxidation sites excluding steroid dienone is 2. The van der Waals surface area contributed by atoms with Crippen LogP contribution in [0.25, 0.3) is 5.57 Å². The molecule has 1 aromatic heterocycles. The Morgan fingerprint density at radius 3 is 2.88 bits per heavy atom. The molecule has 1 aliphatic heterocycles. The number of rotatable bonds is 3. The first-order chi connectivity index (χ1) is 7.54. The molecular weight excluding hydrogens is 250 g/mol. The Balaban J connectivity index is 2.05. The molecule has 0 saturated heterocycles. The maximum Gasteiger partial charge on any atom is 0.283 e. The molecule has 0 spiro atoms. The monoisotopic (exact) mass is 259 g/mol. The molecule has 0 unspecified atom stereocenters. The van der Waals surface area contributed by atoms with Crippen LogP contribution >= 0.6 is 11.5 Å². The molecular formula is C8H9N3O3S2. The van der Waals surface area contributed by atoms with E-state index in [1.54, 1.807) is 18.5 Å². The van der Waals surface area contributed by atoms with E-state index in [0.717, 1.165) is 10.5 Å². The summed E-state index contributed by atoms with van der Waals surface area (Å²) in [4.78, 5) is 2.43. The maximum atomic E-state index is 10.7. The topological polar surface area (TPSA) is 83.4 Å². The van der Waals surface area contributed by atoms with E-state index < -0.39 is 16.0 Å². The molecule has 1 aromatic rings. The molecule has 0 fully saturated rings. The van der Waals surface area contributed by atoms with Gasteiger partial charge in [0.2, 0.25) is 0 Å². The number of hydrogen-bond donors (Lipinski definition) is 1. The van der Waals surface area contributed by atoms with Crippen molar-refractivity contribution in [2.75, 3.05) is 12.4 Å². The molecule has 0 aliphatic carbocycles. The predicted molar refractivity (Wildman–Crippen MR) is 60.1 cm³/mol. The number of nitrogens with zero attached hydrogens (tertiary/aromatic N) is 3. The van der Waals surface area contributed by atoms with Gasteiger partial charge in [-0.1, -0.05) is 10.6 Å². The Hall–Kier alpha value is -1.25. The molecule has 0 bridgehead atoms. The third-order valence-electron chi connectivity index (χ3n) is 1.99.